The van der Waals surface area contributed by atoms with Gasteiger partial charge in [-0.2, -0.15) is 13.2 Å². The molecule has 0 amide bonds. The molecule has 0 N–H and O–H groups in total. The van der Waals surface area contributed by atoms with E-state index in [1.165, 1.54) is 6.26 Å². The van der Waals surface area contributed by atoms with Crippen LogP contribution in [0.1, 0.15) is 15.2 Å². The zero-order valence-corrected chi connectivity index (χ0v) is 9.89. The van der Waals surface area contributed by atoms with Gasteiger partial charge in [0.05, 0.1) is 23.5 Å². The van der Waals surface area contributed by atoms with Gasteiger partial charge >= 0.3 is 12.1 Å². The number of hydrogen-bond donors (Lipinski definition) is 0. The molecular formula is C8H7F3O3S2. The van der Waals surface area contributed by atoms with E-state index in [4.69, 9.17) is 0 Å². The van der Waals surface area contributed by atoms with E-state index in [1.807, 2.05) is 0 Å². The molecule has 0 saturated heterocycles. The maximum absolute atomic E-state index is 12.4. The molecule has 1 aromatic rings. The smallest absolute Gasteiger partial charge is 0.425 e. The van der Waals surface area contributed by atoms with Crippen LogP contribution < -0.4 is 0 Å². The Bertz CT molecular complexity index is 436. The van der Waals surface area contributed by atoms with E-state index in [-0.39, 0.29) is 9.77 Å². The van der Waals surface area contributed by atoms with Crippen LogP contribution in [0.2, 0.25) is 0 Å². The standard InChI is InChI=1S/C8H7F3O3S2/c1-14-6(12)4-3-5(8(9,10)11)15-7(4)16(2)13/h3H,1-2H3. The monoisotopic (exact) mass is 272 g/mol. The quantitative estimate of drug-likeness (QED) is 0.776. The summed E-state index contributed by atoms with van der Waals surface area (Å²) >= 11 is 0.292. The normalized spacial score (nSPS) is 13.6. The lowest BCUT2D eigenvalue weighted by molar-refractivity contribution is -0.134. The largest absolute Gasteiger partial charge is 0.465 e. The summed E-state index contributed by atoms with van der Waals surface area (Å²) in [6.07, 6.45) is -3.34. The highest BCUT2D eigenvalue weighted by Gasteiger charge is 2.35. The summed E-state index contributed by atoms with van der Waals surface area (Å²) in [6, 6.07) is 0.660. The fourth-order valence-electron chi connectivity index (χ4n) is 0.980. The van der Waals surface area contributed by atoms with Gasteiger partial charge in [0.2, 0.25) is 0 Å². The Morgan fingerprint density at radius 1 is 1.50 bits per heavy atom. The number of halogens is 3. The van der Waals surface area contributed by atoms with Crippen molar-refractivity contribution in [1.82, 2.24) is 0 Å². The average Bonchev–Trinajstić information content (AvgIpc) is 2.60. The summed E-state index contributed by atoms with van der Waals surface area (Å²) in [6.45, 7) is 0. The molecule has 0 aromatic carbocycles. The third-order valence-corrected chi connectivity index (χ3v) is 4.31. The molecule has 0 radical (unpaired) electrons. The van der Waals surface area contributed by atoms with Crippen molar-refractivity contribution in [2.75, 3.05) is 13.4 Å². The van der Waals surface area contributed by atoms with Gasteiger partial charge in [-0.3, -0.25) is 4.21 Å². The predicted molar refractivity (Wildman–Crippen MR) is 53.0 cm³/mol. The van der Waals surface area contributed by atoms with Crippen LogP contribution in [0.25, 0.3) is 0 Å². The zero-order valence-electron chi connectivity index (χ0n) is 8.25. The van der Waals surface area contributed by atoms with Crippen LogP contribution in [-0.2, 0) is 21.7 Å². The second-order valence-corrected chi connectivity index (χ2v) is 5.38. The summed E-state index contributed by atoms with van der Waals surface area (Å²) in [7, 11) is -0.608. The lowest BCUT2D eigenvalue weighted by Crippen LogP contribution is -2.04. The molecule has 1 heterocycles. The highest BCUT2D eigenvalue weighted by Crippen LogP contribution is 2.38. The summed E-state index contributed by atoms with van der Waals surface area (Å²) < 4.78 is 52.5. The molecule has 8 heteroatoms. The van der Waals surface area contributed by atoms with E-state index in [0.29, 0.717) is 17.4 Å². The lowest BCUT2D eigenvalue weighted by Gasteiger charge is -2.00. The van der Waals surface area contributed by atoms with E-state index in [9.17, 15) is 22.2 Å². The van der Waals surface area contributed by atoms with Crippen molar-refractivity contribution in [3.8, 4) is 0 Å². The number of ether oxygens (including phenoxy) is 1. The van der Waals surface area contributed by atoms with Crippen molar-refractivity contribution in [2.45, 2.75) is 10.4 Å². The van der Waals surface area contributed by atoms with Gasteiger partial charge < -0.3 is 4.74 Å². The Balaban J connectivity index is 3.32. The first-order valence-corrected chi connectivity index (χ1v) is 6.27. The molecule has 0 saturated carbocycles. The van der Waals surface area contributed by atoms with E-state index >= 15 is 0 Å². The molecule has 0 spiro atoms. The topological polar surface area (TPSA) is 43.4 Å². The van der Waals surface area contributed by atoms with Crippen LogP contribution in [0.15, 0.2) is 10.3 Å². The summed E-state index contributed by atoms with van der Waals surface area (Å²) in [4.78, 5) is 10.2. The van der Waals surface area contributed by atoms with E-state index in [1.54, 1.807) is 0 Å². The highest BCUT2D eigenvalue weighted by molar-refractivity contribution is 7.86. The minimum atomic E-state index is -4.55. The Kier molecular flexibility index (Phi) is 3.74. The van der Waals surface area contributed by atoms with Gasteiger partial charge in [-0.1, -0.05) is 0 Å². The number of carbonyl (C=O) groups excluding carboxylic acids is 1. The number of methoxy groups -OCH3 is 1. The molecule has 0 bridgehead atoms. The molecule has 0 aliphatic rings. The van der Waals surface area contributed by atoms with Gasteiger partial charge in [0.25, 0.3) is 0 Å². The van der Waals surface area contributed by atoms with Crippen molar-refractivity contribution in [2.24, 2.45) is 0 Å². The third-order valence-electron chi connectivity index (χ3n) is 1.64. The van der Waals surface area contributed by atoms with Crippen molar-refractivity contribution < 1.29 is 26.9 Å². The summed E-state index contributed by atoms with van der Waals surface area (Å²) in [5.74, 6) is -0.919. The van der Waals surface area contributed by atoms with Crippen LogP contribution in [0.3, 0.4) is 0 Å². The average molecular weight is 272 g/mol. The molecule has 1 aromatic heterocycles. The molecule has 3 nitrogen and oxygen atoms in total. The number of hydrogen-bond acceptors (Lipinski definition) is 4. The molecule has 0 aliphatic carbocycles. The van der Waals surface area contributed by atoms with Crippen LogP contribution in [0.4, 0.5) is 13.2 Å². The molecule has 16 heavy (non-hydrogen) atoms. The van der Waals surface area contributed by atoms with Crippen LogP contribution in [0, 0.1) is 0 Å². The minimum absolute atomic E-state index is 0.126. The molecule has 0 aliphatic heterocycles. The summed E-state index contributed by atoms with van der Waals surface area (Å²) in [5, 5.41) is 0. The van der Waals surface area contributed by atoms with E-state index < -0.39 is 27.8 Å². The number of carbonyl (C=O) groups is 1. The molecule has 0 fully saturated rings. The van der Waals surface area contributed by atoms with Gasteiger partial charge in [-0.05, 0) is 6.07 Å². The van der Waals surface area contributed by atoms with Gasteiger partial charge in [0, 0.05) is 6.26 Å². The molecule has 1 rings (SSSR count). The third kappa shape index (κ3) is 2.62. The van der Waals surface area contributed by atoms with Crippen LogP contribution in [-0.4, -0.2) is 23.5 Å². The van der Waals surface area contributed by atoms with E-state index in [2.05, 4.69) is 4.74 Å². The molecule has 1 unspecified atom stereocenters. The molecular weight excluding hydrogens is 265 g/mol. The Labute approximate surface area is 95.7 Å². The second-order valence-electron chi connectivity index (χ2n) is 2.76. The van der Waals surface area contributed by atoms with Gasteiger partial charge in [0.1, 0.15) is 9.09 Å². The van der Waals surface area contributed by atoms with E-state index in [0.717, 1.165) is 7.11 Å². The maximum Gasteiger partial charge on any atom is 0.425 e. The maximum atomic E-state index is 12.4. The first kappa shape index (κ1) is 13.2. The van der Waals surface area contributed by atoms with Crippen LogP contribution >= 0.6 is 11.3 Å². The minimum Gasteiger partial charge on any atom is -0.465 e. The lowest BCUT2D eigenvalue weighted by atomic mass is 10.3. The SMILES string of the molecule is COC(=O)c1cc(C(F)(F)F)sc1S(C)=O. The molecule has 90 valence electrons. The van der Waals surface area contributed by atoms with Crippen LogP contribution in [0.5, 0.6) is 0 Å². The van der Waals surface area contributed by atoms with Gasteiger partial charge in [-0.25, -0.2) is 4.79 Å². The zero-order chi connectivity index (χ0) is 12.5. The fraction of sp³-hybridized carbons (Fsp3) is 0.375. The predicted octanol–water partition coefficient (Wildman–Crippen LogP) is 2.29. The Hall–Kier alpha value is -0.890. The van der Waals surface area contributed by atoms with Crippen molar-refractivity contribution >= 4 is 28.1 Å². The Morgan fingerprint density at radius 2 is 2.06 bits per heavy atom. The number of thiophene rings is 1. The Morgan fingerprint density at radius 3 is 2.44 bits per heavy atom. The highest BCUT2D eigenvalue weighted by atomic mass is 32.2. The van der Waals surface area contributed by atoms with Gasteiger partial charge in [-0.15, -0.1) is 11.3 Å². The fourth-order valence-corrected chi connectivity index (χ4v) is 2.91. The number of esters is 1. The molecule has 1 atom stereocenters. The second kappa shape index (κ2) is 4.54. The van der Waals surface area contributed by atoms with Crippen molar-refractivity contribution in [3.05, 3.63) is 16.5 Å². The summed E-state index contributed by atoms with van der Waals surface area (Å²) in [5.41, 5.74) is -0.291. The number of alkyl halides is 3. The van der Waals surface area contributed by atoms with Crippen molar-refractivity contribution in [3.63, 3.8) is 0 Å². The van der Waals surface area contributed by atoms with Crippen molar-refractivity contribution in [1.29, 1.82) is 0 Å². The first-order chi connectivity index (χ1) is 7.27. The van der Waals surface area contributed by atoms with Gasteiger partial charge in [0.15, 0.2) is 0 Å². The number of rotatable bonds is 2. The first-order valence-electron chi connectivity index (χ1n) is 3.90.